The average molecular weight is 1330 g/mol. The molecule has 2 fully saturated rings. The Morgan fingerprint density at radius 2 is 0.872 bits per heavy atom. The first-order valence-electron chi connectivity index (χ1n) is 34.7. The molecule has 0 aromatic carbocycles. The fourth-order valence-corrected chi connectivity index (χ4v) is 12.6. The molecule has 25 heteroatoms. The molecule has 2 heterocycles. The van der Waals surface area contributed by atoms with Gasteiger partial charge in [-0.3, -0.25) is 52.7 Å². The summed E-state index contributed by atoms with van der Waals surface area (Å²) in [7, 11) is 10.0. The minimum absolute atomic E-state index is 0.0119. The Hall–Kier alpha value is -5.95. The number of hydrogen-bond donors (Lipinski definition) is 5. The van der Waals surface area contributed by atoms with Crippen LogP contribution in [0.25, 0.3) is 0 Å². The molecule has 0 aromatic rings. The monoisotopic (exact) mass is 1330 g/mol. The molecule has 2 aliphatic heterocycles. The van der Waals surface area contributed by atoms with Crippen LogP contribution in [0.5, 0.6) is 0 Å². The number of carbonyl (C=O) groups is 11. The van der Waals surface area contributed by atoms with Gasteiger partial charge in [-0.05, 0) is 133 Å². The van der Waals surface area contributed by atoms with E-state index in [1.54, 1.807) is 41.5 Å². The Labute approximate surface area is 564 Å². The maximum Gasteiger partial charge on any atom is 0.246 e. The van der Waals surface area contributed by atoms with Crippen molar-refractivity contribution in [3.05, 3.63) is 0 Å². The quantitative estimate of drug-likeness (QED) is 0.108. The average Bonchev–Trinajstić information content (AvgIpc) is 0.822. The lowest BCUT2D eigenvalue weighted by molar-refractivity contribution is -0.157. The number of aliphatic hydroxyl groups is 1. The minimum atomic E-state index is -1.63. The van der Waals surface area contributed by atoms with Crippen LogP contribution in [0.3, 0.4) is 0 Å². The zero-order valence-electron chi connectivity index (χ0n) is 62.0. The van der Waals surface area contributed by atoms with E-state index in [1.165, 1.54) is 106 Å². The summed E-state index contributed by atoms with van der Waals surface area (Å²) < 4.78 is 6.02. The van der Waals surface area contributed by atoms with Crippen molar-refractivity contribution in [1.29, 1.82) is 0 Å². The summed E-state index contributed by atoms with van der Waals surface area (Å²) in [5.74, 6) is -9.76. The summed E-state index contributed by atoms with van der Waals surface area (Å²) >= 11 is 0. The van der Waals surface area contributed by atoms with Gasteiger partial charge in [-0.15, -0.1) is 0 Å². The van der Waals surface area contributed by atoms with Crippen molar-refractivity contribution in [2.24, 2.45) is 41.4 Å². The minimum Gasteiger partial charge on any atom is -0.390 e. The lowest BCUT2D eigenvalue weighted by Gasteiger charge is -2.41. The molecule has 0 spiro atoms. The first-order valence-corrected chi connectivity index (χ1v) is 34.7. The number of nitrogens with one attached hydrogen (secondary N) is 4. The molecule has 5 N–H and O–H groups in total. The zero-order chi connectivity index (χ0) is 72.1. The maximum absolute atomic E-state index is 15.4. The molecule has 0 aromatic heterocycles. The van der Waals surface area contributed by atoms with Gasteiger partial charge in [-0.25, -0.2) is 0 Å². The second-order valence-corrected chi connectivity index (χ2v) is 29.3. The number of likely N-dealkylation sites (tertiary alicyclic amines) is 1. The number of aliphatic hydroxyl groups excluding tert-OH is 1. The molecule has 2 rings (SSSR count). The van der Waals surface area contributed by atoms with Gasteiger partial charge in [-0.1, -0.05) is 103 Å². The van der Waals surface area contributed by atoms with E-state index in [2.05, 4.69) is 26.2 Å². The molecule has 2 saturated heterocycles. The number of piperidine rings is 1. The van der Waals surface area contributed by atoms with Crippen LogP contribution in [-0.2, 0) is 57.5 Å². The van der Waals surface area contributed by atoms with E-state index in [9.17, 15) is 38.7 Å². The third-order valence-corrected chi connectivity index (χ3v) is 18.8. The summed E-state index contributed by atoms with van der Waals surface area (Å²) in [5, 5.41) is 23.6. The molecule has 11 amide bonds. The third kappa shape index (κ3) is 24.0. The number of hydrogen-bond acceptors (Lipinski definition) is 14. The van der Waals surface area contributed by atoms with Crippen LogP contribution in [0, 0.1) is 41.4 Å². The Bertz CT molecular complexity index is 2510. The van der Waals surface area contributed by atoms with Crippen molar-refractivity contribution < 1.29 is 62.6 Å². The van der Waals surface area contributed by atoms with E-state index < -0.39 is 155 Å². The maximum atomic E-state index is 15.4. The van der Waals surface area contributed by atoms with Gasteiger partial charge in [0.15, 0.2) is 0 Å². The number of nitrogens with zero attached hydrogens (tertiary/aromatic N) is 8. The molecular weight excluding hydrogens is 1200 g/mol. The van der Waals surface area contributed by atoms with Gasteiger partial charge in [0, 0.05) is 62.5 Å². The predicted octanol–water partition coefficient (Wildman–Crippen LogP) is 3.97. The molecule has 0 saturated carbocycles. The van der Waals surface area contributed by atoms with Gasteiger partial charge >= 0.3 is 0 Å². The summed E-state index contributed by atoms with van der Waals surface area (Å²) in [6.07, 6.45) is 3.52. The highest BCUT2D eigenvalue weighted by molar-refractivity contribution is 6.00. The van der Waals surface area contributed by atoms with Crippen LogP contribution in [-0.4, -0.2) is 264 Å². The molecule has 0 aliphatic carbocycles. The highest BCUT2D eigenvalue weighted by atomic mass is 16.5. The Kier molecular flexibility index (Phi) is 35.2. The van der Waals surface area contributed by atoms with Gasteiger partial charge < -0.3 is 70.3 Å². The van der Waals surface area contributed by atoms with E-state index in [-0.39, 0.29) is 55.8 Å². The Balaban J connectivity index is 2.95. The van der Waals surface area contributed by atoms with Crippen molar-refractivity contribution in [3.8, 4) is 0 Å². The lowest BCUT2D eigenvalue weighted by atomic mass is 9.90. The smallest absolute Gasteiger partial charge is 0.246 e. The molecule has 13 atom stereocenters. The Morgan fingerprint density at radius 3 is 1.35 bits per heavy atom. The van der Waals surface area contributed by atoms with E-state index in [4.69, 9.17) is 4.74 Å². The highest BCUT2D eigenvalue weighted by Gasteiger charge is 2.46. The fraction of sp³-hybridized carbons (Fsp3) is 0.841. The first-order chi connectivity index (χ1) is 43.7. The number of ether oxygens (including phenoxy) is 1. The highest BCUT2D eigenvalue weighted by Crippen LogP contribution is 2.26. The lowest BCUT2D eigenvalue weighted by Crippen LogP contribution is -2.64. The predicted molar refractivity (Wildman–Crippen MR) is 364 cm³/mol. The molecule has 0 bridgehead atoms. The number of likely N-dealkylation sites (N-methyl/N-ethyl adjacent to an activating group) is 7. The van der Waals surface area contributed by atoms with Gasteiger partial charge in [0.2, 0.25) is 65.0 Å². The Morgan fingerprint density at radius 1 is 0.436 bits per heavy atom. The number of rotatable bonds is 20. The van der Waals surface area contributed by atoms with Crippen molar-refractivity contribution >= 4 is 65.0 Å². The second-order valence-electron chi connectivity index (χ2n) is 29.3. The zero-order valence-corrected chi connectivity index (χ0v) is 62.0. The summed E-state index contributed by atoms with van der Waals surface area (Å²) in [4.78, 5) is 173. The van der Waals surface area contributed by atoms with Crippen LogP contribution >= 0.6 is 0 Å². The van der Waals surface area contributed by atoms with Gasteiger partial charge in [0.1, 0.15) is 66.5 Å². The van der Waals surface area contributed by atoms with Crippen LogP contribution in [0.2, 0.25) is 0 Å². The largest absolute Gasteiger partial charge is 0.390 e. The first kappa shape index (κ1) is 84.1. The molecule has 0 unspecified atom stereocenters. The van der Waals surface area contributed by atoms with Crippen LogP contribution in [0.4, 0.5) is 0 Å². The SMILES string of the molecule is CC[C@@H]1NC(=O)[C@H]([C@H](O)[C@H](C)CCCOCCN2CCCCC2)N(C)C(=O)[C@H](C(C)C)N(C)C(=O)[C@H](CC(C)C)N(C)C(=O)[C@H](CC(C)C)N(C)C(=O)[C@@H](C)NC(=O)[C@H](C)NC(=O)[C@H](CC(C)C)N(C)C(=O)[C@H](C(C)C)NC(=O)[C@H](CC(C)C)N(C)C(=O)[C@@H](C)N(C)C1=O. The fourth-order valence-electron chi connectivity index (χ4n) is 12.6. The van der Waals surface area contributed by atoms with E-state index >= 15 is 19.2 Å². The van der Waals surface area contributed by atoms with Crippen LogP contribution in [0.15, 0.2) is 0 Å². The van der Waals surface area contributed by atoms with E-state index in [0.29, 0.717) is 26.1 Å². The van der Waals surface area contributed by atoms with Gasteiger partial charge in [0.05, 0.1) is 12.7 Å². The second kappa shape index (κ2) is 39.3. The van der Waals surface area contributed by atoms with Crippen molar-refractivity contribution in [2.45, 2.75) is 254 Å². The molecule has 94 heavy (non-hydrogen) atoms. The summed E-state index contributed by atoms with van der Waals surface area (Å²) in [6.45, 7) is 33.5. The van der Waals surface area contributed by atoms with Gasteiger partial charge in [-0.2, -0.15) is 0 Å². The molecular formula is C69H126N12O13. The standard InChI is InChI=1S/C69H126N12O13/c1-25-50-65(89)74(18)49(17)64(88)75(19)52(37-41(4)5)61(85)73-55(44(10)11)68(92)76(20)51(36-40(2)3)60(84)70-47(15)59(83)71-48(16)63(87)77(21)53(38-42(6)7)66(90)78(22)54(39-43(8)9)67(91)79(23)56(45(12)13)69(93)80(24)57(62(86)72-50)58(82)46(14)30-29-34-94-35-33-81-31-27-26-28-32-81/h40-58,82H,25-39H2,1-24H3,(H,70,84)(H,71,83)(H,72,86)(H,73,85)/t46-,47+,48-,49-,50+,51+,52+,53+,54+,55+,56+,57+,58-/m1/s1. The van der Waals surface area contributed by atoms with E-state index in [0.717, 1.165) is 37.4 Å². The molecule has 0 radical (unpaired) electrons. The van der Waals surface area contributed by atoms with Gasteiger partial charge in [0.25, 0.3) is 0 Å². The van der Waals surface area contributed by atoms with E-state index in [1.807, 2.05) is 55.4 Å². The van der Waals surface area contributed by atoms with Crippen LogP contribution in [0.1, 0.15) is 182 Å². The normalized spacial score (nSPS) is 27.4. The van der Waals surface area contributed by atoms with Crippen molar-refractivity contribution in [1.82, 2.24) is 60.5 Å². The molecule has 2 aliphatic rings. The summed E-state index contributed by atoms with van der Waals surface area (Å²) in [6, 6.07) is -13.7. The number of carbonyl (C=O) groups excluding carboxylic acids is 11. The number of amides is 11. The topological polar surface area (TPSA) is 291 Å². The summed E-state index contributed by atoms with van der Waals surface area (Å²) in [5.41, 5.74) is 0. The molecule has 25 nitrogen and oxygen atoms in total. The molecule has 540 valence electrons. The van der Waals surface area contributed by atoms with Crippen LogP contribution < -0.4 is 21.3 Å². The van der Waals surface area contributed by atoms with Crippen molar-refractivity contribution in [3.63, 3.8) is 0 Å². The van der Waals surface area contributed by atoms with Crippen molar-refractivity contribution in [2.75, 3.05) is 82.2 Å². The third-order valence-electron chi connectivity index (χ3n) is 18.8.